The minimum absolute atomic E-state index is 0.134. The van der Waals surface area contributed by atoms with Crippen molar-refractivity contribution in [2.24, 2.45) is 0 Å². The van der Waals surface area contributed by atoms with Crippen LogP contribution in [0.4, 0.5) is 5.69 Å². The molecular weight excluding hydrogens is 464 g/mol. The van der Waals surface area contributed by atoms with E-state index in [1.54, 1.807) is 36.4 Å². The first-order chi connectivity index (χ1) is 16.8. The van der Waals surface area contributed by atoms with E-state index in [-0.39, 0.29) is 22.9 Å². The van der Waals surface area contributed by atoms with E-state index in [2.05, 4.69) is 10.0 Å². The zero-order chi connectivity index (χ0) is 24.8. The standard InChI is InChI=1S/C27H24N2O5S/c30-24-14-12-20(18-25(24)31)13-15-27(32)29-23-10-4-9-22-21(23)8-5-11-26(22)35(33,34)28-17-16-19-6-2-1-3-7-19/h1-15,18,28,30-31H,16-17H2,(H,29,32)/b15-13+. The second-order valence-electron chi connectivity index (χ2n) is 7.86. The van der Waals surface area contributed by atoms with Crippen LogP contribution < -0.4 is 10.0 Å². The predicted molar refractivity (Wildman–Crippen MR) is 137 cm³/mol. The van der Waals surface area contributed by atoms with Crippen LogP contribution in [0.5, 0.6) is 11.5 Å². The summed E-state index contributed by atoms with van der Waals surface area (Å²) < 4.78 is 28.7. The maximum atomic E-state index is 13.0. The summed E-state index contributed by atoms with van der Waals surface area (Å²) in [6.45, 7) is 0.261. The minimum atomic E-state index is -3.78. The van der Waals surface area contributed by atoms with Crippen molar-refractivity contribution in [2.75, 3.05) is 11.9 Å². The number of amides is 1. The van der Waals surface area contributed by atoms with E-state index in [1.165, 1.54) is 30.4 Å². The average molecular weight is 489 g/mol. The molecule has 35 heavy (non-hydrogen) atoms. The van der Waals surface area contributed by atoms with E-state index in [0.29, 0.717) is 28.4 Å². The Morgan fingerprint density at radius 3 is 2.34 bits per heavy atom. The second-order valence-corrected chi connectivity index (χ2v) is 9.60. The van der Waals surface area contributed by atoms with E-state index in [4.69, 9.17) is 0 Å². The molecule has 7 nitrogen and oxygen atoms in total. The molecule has 0 atom stereocenters. The monoisotopic (exact) mass is 488 g/mol. The molecule has 0 unspecified atom stereocenters. The number of aromatic hydroxyl groups is 2. The van der Waals surface area contributed by atoms with Crippen molar-refractivity contribution in [1.82, 2.24) is 4.72 Å². The van der Waals surface area contributed by atoms with E-state index in [9.17, 15) is 23.4 Å². The third-order valence-electron chi connectivity index (χ3n) is 5.40. The zero-order valence-electron chi connectivity index (χ0n) is 18.7. The lowest BCUT2D eigenvalue weighted by Gasteiger charge is -2.12. The smallest absolute Gasteiger partial charge is 0.248 e. The Morgan fingerprint density at radius 2 is 1.57 bits per heavy atom. The number of carbonyl (C=O) groups is 1. The number of anilines is 1. The molecule has 178 valence electrons. The van der Waals surface area contributed by atoms with Gasteiger partial charge >= 0.3 is 0 Å². The minimum Gasteiger partial charge on any atom is -0.504 e. The third kappa shape index (κ3) is 5.87. The van der Waals surface area contributed by atoms with Crippen molar-refractivity contribution >= 4 is 38.5 Å². The number of carbonyl (C=O) groups excluding carboxylic acids is 1. The van der Waals surface area contributed by atoms with Crippen molar-refractivity contribution < 1.29 is 23.4 Å². The van der Waals surface area contributed by atoms with Crippen molar-refractivity contribution in [3.63, 3.8) is 0 Å². The lowest BCUT2D eigenvalue weighted by atomic mass is 10.1. The van der Waals surface area contributed by atoms with E-state index >= 15 is 0 Å². The molecule has 0 aromatic heterocycles. The van der Waals surface area contributed by atoms with Gasteiger partial charge in [-0.05, 0) is 47.9 Å². The van der Waals surface area contributed by atoms with Crippen molar-refractivity contribution in [1.29, 1.82) is 0 Å². The molecule has 0 saturated carbocycles. The van der Waals surface area contributed by atoms with Crippen LogP contribution in [0.2, 0.25) is 0 Å². The summed E-state index contributed by atoms with van der Waals surface area (Å²) in [6.07, 6.45) is 3.35. The number of rotatable bonds is 8. The Balaban J connectivity index is 1.52. The molecule has 0 heterocycles. The Morgan fingerprint density at radius 1 is 0.829 bits per heavy atom. The number of hydrogen-bond acceptors (Lipinski definition) is 5. The van der Waals surface area contributed by atoms with Crippen molar-refractivity contribution in [3.8, 4) is 11.5 Å². The highest BCUT2D eigenvalue weighted by atomic mass is 32.2. The van der Waals surface area contributed by atoms with Gasteiger partial charge in [-0.2, -0.15) is 0 Å². The fourth-order valence-corrected chi connectivity index (χ4v) is 4.92. The zero-order valence-corrected chi connectivity index (χ0v) is 19.5. The van der Waals surface area contributed by atoms with Gasteiger partial charge in [0.2, 0.25) is 15.9 Å². The van der Waals surface area contributed by atoms with Gasteiger partial charge in [0.25, 0.3) is 0 Å². The molecule has 0 fully saturated rings. The number of fused-ring (bicyclic) bond motifs is 1. The topological polar surface area (TPSA) is 116 Å². The number of sulfonamides is 1. The number of phenolic OH excluding ortho intramolecular Hbond substituents is 2. The molecule has 4 aromatic carbocycles. The summed E-state index contributed by atoms with van der Waals surface area (Å²) in [5.41, 5.74) is 2.03. The van der Waals surface area contributed by atoms with Crippen molar-refractivity contribution in [2.45, 2.75) is 11.3 Å². The molecule has 0 saturated heterocycles. The quantitative estimate of drug-likeness (QED) is 0.216. The maximum absolute atomic E-state index is 13.0. The van der Waals surface area contributed by atoms with Crippen molar-refractivity contribution in [3.05, 3.63) is 102 Å². The average Bonchev–Trinajstić information content (AvgIpc) is 2.85. The van der Waals surface area contributed by atoms with Crippen LogP contribution in [0.15, 0.2) is 95.9 Å². The Hall–Kier alpha value is -4.14. The van der Waals surface area contributed by atoms with Crippen LogP contribution in [0.25, 0.3) is 16.8 Å². The SMILES string of the molecule is O=C(/C=C/c1ccc(O)c(O)c1)Nc1cccc2c(S(=O)(=O)NCCc3ccccc3)cccc12. The number of nitrogens with one attached hydrogen (secondary N) is 2. The van der Waals surface area contributed by atoms with E-state index in [0.717, 1.165) is 5.56 Å². The number of phenols is 2. The lowest BCUT2D eigenvalue weighted by Crippen LogP contribution is -2.26. The summed E-state index contributed by atoms with van der Waals surface area (Å²) in [5.74, 6) is -0.963. The molecule has 4 aromatic rings. The molecule has 0 aliphatic heterocycles. The fourth-order valence-electron chi connectivity index (χ4n) is 3.67. The molecule has 0 aliphatic carbocycles. The van der Waals surface area contributed by atoms with Gasteiger partial charge in [-0.25, -0.2) is 13.1 Å². The number of hydrogen-bond donors (Lipinski definition) is 4. The normalized spacial score (nSPS) is 11.7. The molecule has 4 rings (SSSR count). The van der Waals surface area contributed by atoms with Gasteiger partial charge in [0.15, 0.2) is 11.5 Å². The Labute approximate surface area is 203 Å². The summed E-state index contributed by atoms with van der Waals surface area (Å²) in [7, 11) is -3.78. The molecule has 1 amide bonds. The summed E-state index contributed by atoms with van der Waals surface area (Å²) in [4.78, 5) is 12.6. The third-order valence-corrected chi connectivity index (χ3v) is 6.92. The second kappa shape index (κ2) is 10.4. The molecule has 0 radical (unpaired) electrons. The molecule has 0 bridgehead atoms. The maximum Gasteiger partial charge on any atom is 0.248 e. The largest absolute Gasteiger partial charge is 0.504 e. The molecule has 0 spiro atoms. The van der Waals surface area contributed by atoms with E-state index in [1.807, 2.05) is 30.3 Å². The van der Waals surface area contributed by atoms with Crippen LogP contribution in [0, 0.1) is 0 Å². The molecular formula is C27H24N2O5S. The van der Waals surface area contributed by atoms with Crippen LogP contribution >= 0.6 is 0 Å². The van der Waals surface area contributed by atoms with E-state index < -0.39 is 15.9 Å². The molecule has 0 aliphatic rings. The predicted octanol–water partition coefficient (Wildman–Crippen LogP) is 4.42. The van der Waals surface area contributed by atoms with Gasteiger partial charge in [-0.15, -0.1) is 0 Å². The first-order valence-corrected chi connectivity index (χ1v) is 12.4. The Bertz CT molecular complexity index is 1500. The summed E-state index contributed by atoms with van der Waals surface area (Å²) in [5, 5.41) is 22.8. The van der Waals surface area contributed by atoms with Gasteiger partial charge in [0, 0.05) is 29.1 Å². The van der Waals surface area contributed by atoms with Gasteiger partial charge in [0.05, 0.1) is 4.90 Å². The summed E-state index contributed by atoms with van der Waals surface area (Å²) >= 11 is 0. The van der Waals surface area contributed by atoms with Gasteiger partial charge in [0.1, 0.15) is 0 Å². The highest BCUT2D eigenvalue weighted by Crippen LogP contribution is 2.29. The van der Waals surface area contributed by atoms with Gasteiger partial charge < -0.3 is 15.5 Å². The lowest BCUT2D eigenvalue weighted by molar-refractivity contribution is -0.111. The van der Waals surface area contributed by atoms with Gasteiger partial charge in [-0.3, -0.25) is 4.79 Å². The molecule has 8 heteroatoms. The molecule has 4 N–H and O–H groups in total. The highest BCUT2D eigenvalue weighted by molar-refractivity contribution is 7.89. The first-order valence-electron chi connectivity index (χ1n) is 10.9. The highest BCUT2D eigenvalue weighted by Gasteiger charge is 2.18. The van der Waals surface area contributed by atoms with Crippen LogP contribution in [-0.4, -0.2) is 31.1 Å². The van der Waals surface area contributed by atoms with Crippen LogP contribution in [0.1, 0.15) is 11.1 Å². The number of benzene rings is 4. The fraction of sp³-hybridized carbons (Fsp3) is 0.0741. The van der Waals surface area contributed by atoms with Crippen LogP contribution in [-0.2, 0) is 21.2 Å². The van der Waals surface area contributed by atoms with Gasteiger partial charge in [-0.1, -0.05) is 60.7 Å². The summed E-state index contributed by atoms with van der Waals surface area (Å²) in [6, 6.07) is 23.8. The first kappa shape index (κ1) is 24.0. The Kier molecular flexibility index (Phi) is 7.14. The van der Waals surface area contributed by atoms with Crippen LogP contribution in [0.3, 0.4) is 0 Å².